The van der Waals surface area contributed by atoms with E-state index in [9.17, 15) is 18.0 Å². The lowest BCUT2D eigenvalue weighted by Gasteiger charge is -2.22. The van der Waals surface area contributed by atoms with Crippen molar-refractivity contribution in [3.8, 4) is 0 Å². The lowest BCUT2D eigenvalue weighted by molar-refractivity contribution is -0.137. The number of halogens is 3. The molecule has 168 valence electrons. The topological polar surface area (TPSA) is 105 Å². The van der Waals surface area contributed by atoms with Gasteiger partial charge in [0.25, 0.3) is 5.91 Å². The van der Waals surface area contributed by atoms with Crippen LogP contribution in [0.25, 0.3) is 21.9 Å². The Balaban J connectivity index is 1.54. The maximum atomic E-state index is 14.1. The Morgan fingerprint density at radius 1 is 1.28 bits per heavy atom. The molecule has 0 radical (unpaired) electrons. The number of nitrogens with zero attached hydrogens (tertiary/aromatic N) is 3. The van der Waals surface area contributed by atoms with Crippen LogP contribution in [-0.2, 0) is 28.7 Å². The van der Waals surface area contributed by atoms with E-state index in [-0.39, 0.29) is 29.1 Å². The van der Waals surface area contributed by atoms with E-state index in [1.165, 1.54) is 17.0 Å². The molecule has 1 aromatic carbocycles. The highest BCUT2D eigenvalue weighted by atomic mass is 19.4. The van der Waals surface area contributed by atoms with Gasteiger partial charge in [0, 0.05) is 11.6 Å². The van der Waals surface area contributed by atoms with E-state index in [2.05, 4.69) is 15.4 Å². The molecule has 0 bridgehead atoms. The van der Waals surface area contributed by atoms with Crippen molar-refractivity contribution >= 4 is 27.8 Å². The monoisotopic (exact) mass is 450 g/mol. The van der Waals surface area contributed by atoms with Gasteiger partial charge in [0.1, 0.15) is 29.0 Å². The number of aromatic nitrogens is 3. The normalized spacial score (nSPS) is 17.3. The van der Waals surface area contributed by atoms with Crippen molar-refractivity contribution in [1.29, 1.82) is 0 Å². The van der Waals surface area contributed by atoms with Gasteiger partial charge in [-0.15, -0.1) is 0 Å². The average Bonchev–Trinajstić information content (AvgIpc) is 3.49. The fraction of sp³-hybridized carbons (Fsp3) is 0.350. The summed E-state index contributed by atoms with van der Waals surface area (Å²) in [5.74, 6) is -1.85. The average molecular weight is 450 g/mol. The van der Waals surface area contributed by atoms with Gasteiger partial charge in [-0.25, -0.2) is 4.98 Å². The number of furan rings is 1. The lowest BCUT2D eigenvalue weighted by atomic mass is 10.1. The predicted octanol–water partition coefficient (Wildman–Crippen LogP) is 3.13. The van der Waals surface area contributed by atoms with E-state index in [1.54, 1.807) is 12.3 Å². The van der Waals surface area contributed by atoms with Crippen molar-refractivity contribution in [3.05, 3.63) is 48.0 Å². The Hall–Kier alpha value is -3.38. The van der Waals surface area contributed by atoms with Crippen LogP contribution in [0.5, 0.6) is 0 Å². The van der Waals surface area contributed by atoms with Crippen molar-refractivity contribution in [2.75, 3.05) is 19.8 Å². The third-order valence-electron chi connectivity index (χ3n) is 5.06. The Morgan fingerprint density at radius 3 is 2.88 bits per heavy atom. The van der Waals surface area contributed by atoms with Crippen molar-refractivity contribution in [2.24, 2.45) is 0 Å². The smallest absolute Gasteiger partial charge is 0.421 e. The number of fused-ring (bicyclic) bond motifs is 3. The number of oxazole rings is 1. The van der Waals surface area contributed by atoms with Gasteiger partial charge in [0.15, 0.2) is 6.39 Å². The van der Waals surface area contributed by atoms with Gasteiger partial charge < -0.3 is 23.6 Å². The summed E-state index contributed by atoms with van der Waals surface area (Å²) in [6.45, 7) is 1.53. The van der Waals surface area contributed by atoms with Crippen molar-refractivity contribution < 1.29 is 36.3 Å². The zero-order chi connectivity index (χ0) is 22.3. The molecule has 1 N–H and O–H groups in total. The van der Waals surface area contributed by atoms with Gasteiger partial charge in [-0.05, 0) is 12.1 Å². The van der Waals surface area contributed by atoms with Crippen LogP contribution in [0.2, 0.25) is 0 Å². The highest BCUT2D eigenvalue weighted by molar-refractivity contribution is 6.09. The number of alkyl halides is 3. The third kappa shape index (κ3) is 3.82. The molecule has 5 rings (SSSR count). The van der Waals surface area contributed by atoms with Crippen molar-refractivity contribution in [1.82, 2.24) is 20.1 Å². The van der Waals surface area contributed by atoms with Gasteiger partial charge in [-0.3, -0.25) is 9.48 Å². The minimum absolute atomic E-state index is 0.0843. The van der Waals surface area contributed by atoms with Crippen LogP contribution < -0.4 is 5.32 Å². The fourth-order valence-electron chi connectivity index (χ4n) is 3.67. The second-order valence-corrected chi connectivity index (χ2v) is 7.26. The first-order valence-electron chi connectivity index (χ1n) is 9.74. The molecular weight excluding hydrogens is 433 g/mol. The molecule has 1 fully saturated rings. The molecule has 32 heavy (non-hydrogen) atoms. The van der Waals surface area contributed by atoms with Crippen LogP contribution in [0.15, 0.2) is 39.8 Å². The fourth-order valence-corrected chi connectivity index (χ4v) is 3.67. The zero-order valence-corrected chi connectivity index (χ0v) is 16.5. The largest absolute Gasteiger partial charge is 0.451 e. The maximum absolute atomic E-state index is 14.1. The molecule has 1 aliphatic rings. The minimum Gasteiger partial charge on any atom is -0.451 e. The summed E-state index contributed by atoms with van der Waals surface area (Å²) >= 11 is 0. The van der Waals surface area contributed by atoms with Crippen molar-refractivity contribution in [2.45, 2.75) is 25.4 Å². The molecule has 12 heteroatoms. The molecule has 4 aromatic rings. The summed E-state index contributed by atoms with van der Waals surface area (Å²) < 4.78 is 64.8. The number of hydrogen-bond donors (Lipinski definition) is 1. The van der Waals surface area contributed by atoms with Crippen LogP contribution in [0.1, 0.15) is 21.8 Å². The second-order valence-electron chi connectivity index (χ2n) is 7.26. The highest BCUT2D eigenvalue weighted by Gasteiger charge is 2.42. The van der Waals surface area contributed by atoms with Crippen LogP contribution in [-0.4, -0.2) is 46.6 Å². The number of amides is 1. The number of carbonyl (C=O) groups excluding carboxylic acids is 1. The molecule has 1 aliphatic heterocycles. The minimum atomic E-state index is -4.84. The van der Waals surface area contributed by atoms with Crippen molar-refractivity contribution in [3.63, 3.8) is 0 Å². The Kier molecular flexibility index (Phi) is 5.10. The molecule has 3 aromatic heterocycles. The first-order chi connectivity index (χ1) is 15.4. The lowest BCUT2D eigenvalue weighted by Crippen LogP contribution is -2.32. The number of benzene rings is 1. The Morgan fingerprint density at radius 2 is 2.16 bits per heavy atom. The molecule has 9 nitrogen and oxygen atoms in total. The quantitative estimate of drug-likeness (QED) is 0.498. The van der Waals surface area contributed by atoms with E-state index in [1.807, 2.05) is 0 Å². The summed E-state index contributed by atoms with van der Waals surface area (Å²) in [6.07, 6.45) is -1.03. The van der Waals surface area contributed by atoms with E-state index in [4.69, 9.17) is 18.3 Å². The number of hydrogen-bond acceptors (Lipinski definition) is 7. The summed E-state index contributed by atoms with van der Waals surface area (Å²) in [7, 11) is 0. The Labute approximate surface area is 178 Å². The molecule has 1 atom stereocenters. The third-order valence-corrected chi connectivity index (χ3v) is 5.06. The van der Waals surface area contributed by atoms with Gasteiger partial charge in [0.05, 0.1) is 44.0 Å². The summed E-state index contributed by atoms with van der Waals surface area (Å²) in [5, 5.41) is 6.93. The van der Waals surface area contributed by atoms with Gasteiger partial charge in [-0.1, -0.05) is 0 Å². The van der Waals surface area contributed by atoms with Gasteiger partial charge in [-0.2, -0.15) is 18.3 Å². The second kappa shape index (κ2) is 7.95. The first-order valence-corrected chi connectivity index (χ1v) is 9.74. The number of ether oxygens (including phenoxy) is 2. The van der Waals surface area contributed by atoms with Gasteiger partial charge >= 0.3 is 6.18 Å². The molecular formula is C20H17F3N4O5. The highest BCUT2D eigenvalue weighted by Crippen LogP contribution is 2.42. The van der Waals surface area contributed by atoms with E-state index in [0.29, 0.717) is 37.4 Å². The SMILES string of the molecule is O=C(NCc1cocn1)c1oc2ccc3cn(C[C@H]4COCCO4)nc3c2c1C(F)(F)F. The first kappa shape index (κ1) is 20.5. The van der Waals surface area contributed by atoms with E-state index >= 15 is 0 Å². The standard InChI is InChI=1S/C20H17F3N4O5/c21-20(22,23)16-15-14(32-18(16)19(28)24-5-12-8-30-10-25-12)2-1-11-6-27(26-17(11)15)7-13-9-29-3-4-31-13/h1-2,6,8,10,13H,3-5,7,9H2,(H,24,28)/t13-/m0/s1. The summed E-state index contributed by atoms with van der Waals surface area (Å²) in [4.78, 5) is 16.4. The molecule has 0 unspecified atom stereocenters. The maximum Gasteiger partial charge on any atom is 0.421 e. The number of nitrogens with one attached hydrogen (secondary N) is 1. The van der Waals surface area contributed by atoms with Crippen LogP contribution >= 0.6 is 0 Å². The van der Waals surface area contributed by atoms with E-state index in [0.717, 1.165) is 6.39 Å². The molecule has 0 spiro atoms. The predicted molar refractivity (Wildman–Crippen MR) is 103 cm³/mol. The molecule has 1 saturated heterocycles. The van der Waals surface area contributed by atoms with Crippen LogP contribution in [0, 0.1) is 0 Å². The molecule has 0 aliphatic carbocycles. The number of rotatable bonds is 5. The molecule has 0 saturated carbocycles. The van der Waals surface area contributed by atoms with Gasteiger partial charge in [0.2, 0.25) is 5.76 Å². The summed E-state index contributed by atoms with van der Waals surface area (Å²) in [6, 6.07) is 2.99. The van der Waals surface area contributed by atoms with E-state index < -0.39 is 23.4 Å². The van der Waals surface area contributed by atoms with Crippen LogP contribution in [0.4, 0.5) is 13.2 Å². The number of carbonyl (C=O) groups is 1. The summed E-state index contributed by atoms with van der Waals surface area (Å²) in [5.41, 5.74) is -0.805. The molecule has 1 amide bonds. The molecule has 4 heterocycles. The zero-order valence-electron chi connectivity index (χ0n) is 16.5. The Bertz CT molecular complexity index is 1260. The van der Waals surface area contributed by atoms with Crippen LogP contribution in [0.3, 0.4) is 0 Å².